The Kier molecular flexibility index (Phi) is 4.70. The van der Waals surface area contributed by atoms with Gasteiger partial charge in [-0.15, -0.1) is 0 Å². The summed E-state index contributed by atoms with van der Waals surface area (Å²) in [6.07, 6.45) is 13.0. The molecule has 0 aliphatic heterocycles. The Hall–Kier alpha value is -1.22. The molecule has 1 N–H and O–H groups in total. The molecular formula is C26H38N2O. The van der Waals surface area contributed by atoms with Crippen molar-refractivity contribution < 1.29 is 5.11 Å². The number of fused-ring (bicyclic) bond motifs is 5. The quantitative estimate of drug-likeness (QED) is 0.687. The minimum Gasteiger partial charge on any atom is -0.390 e. The van der Waals surface area contributed by atoms with Crippen molar-refractivity contribution in [3.05, 3.63) is 30.1 Å². The second-order valence-electron chi connectivity index (χ2n) is 11.4. The molecule has 7 atom stereocenters. The van der Waals surface area contributed by atoms with Gasteiger partial charge in [0.25, 0.3) is 0 Å². The molecule has 0 spiro atoms. The first-order valence-corrected chi connectivity index (χ1v) is 12.0. The van der Waals surface area contributed by atoms with Crippen LogP contribution >= 0.6 is 0 Å². The molecule has 4 saturated carbocycles. The molecule has 0 saturated heterocycles. The van der Waals surface area contributed by atoms with Gasteiger partial charge in [-0.05, 0) is 106 Å². The summed E-state index contributed by atoms with van der Waals surface area (Å²) in [4.78, 5) is 9.60. The minimum atomic E-state index is -0.432. The molecule has 3 heteroatoms. The van der Waals surface area contributed by atoms with Gasteiger partial charge in [-0.2, -0.15) is 0 Å². The van der Waals surface area contributed by atoms with Crippen LogP contribution in [0.2, 0.25) is 0 Å². The second kappa shape index (κ2) is 6.90. The molecule has 4 fully saturated rings. The highest BCUT2D eigenvalue weighted by Gasteiger charge is 2.60. The van der Waals surface area contributed by atoms with E-state index < -0.39 is 5.60 Å². The smallest absolute Gasteiger partial charge is 0.0811 e. The number of hydrogen-bond acceptors (Lipinski definition) is 3. The lowest BCUT2D eigenvalue weighted by Crippen LogP contribution is -2.55. The van der Waals surface area contributed by atoms with E-state index in [1.54, 1.807) is 0 Å². The van der Waals surface area contributed by atoms with Gasteiger partial charge in [0.05, 0.1) is 17.8 Å². The summed E-state index contributed by atoms with van der Waals surface area (Å²) < 4.78 is 0. The molecule has 1 aromatic heterocycles. The number of nitrogens with zero attached hydrogens (tertiary/aromatic N) is 2. The van der Waals surface area contributed by atoms with Crippen molar-refractivity contribution in [2.45, 2.75) is 90.7 Å². The predicted molar refractivity (Wildman–Crippen MR) is 118 cm³/mol. The van der Waals surface area contributed by atoms with Gasteiger partial charge in [0, 0.05) is 17.3 Å². The first-order chi connectivity index (χ1) is 13.8. The van der Waals surface area contributed by atoms with E-state index in [0.29, 0.717) is 10.8 Å². The van der Waals surface area contributed by atoms with Crippen LogP contribution in [0.4, 0.5) is 0 Å². The van der Waals surface area contributed by atoms with Gasteiger partial charge >= 0.3 is 0 Å². The number of aliphatic imine (C=N–C) groups is 1. The van der Waals surface area contributed by atoms with Crippen LogP contribution in [0.5, 0.6) is 0 Å². The number of aromatic nitrogens is 1. The van der Waals surface area contributed by atoms with Crippen LogP contribution < -0.4 is 0 Å². The van der Waals surface area contributed by atoms with Gasteiger partial charge in [0.15, 0.2) is 0 Å². The lowest BCUT2D eigenvalue weighted by atomic mass is 9.44. The predicted octanol–water partition coefficient (Wildman–Crippen LogP) is 5.82. The average Bonchev–Trinajstić information content (AvgIpc) is 3.04. The fraction of sp³-hybridized carbons (Fsp3) is 0.769. The van der Waals surface area contributed by atoms with E-state index in [9.17, 15) is 5.11 Å². The second-order valence-corrected chi connectivity index (χ2v) is 11.4. The Bertz CT molecular complexity index is 787. The molecule has 158 valence electrons. The molecule has 4 aliphatic carbocycles. The molecule has 5 rings (SSSR count). The largest absolute Gasteiger partial charge is 0.390 e. The van der Waals surface area contributed by atoms with E-state index in [0.717, 1.165) is 48.8 Å². The van der Waals surface area contributed by atoms with Gasteiger partial charge in [-0.1, -0.05) is 19.9 Å². The Morgan fingerprint density at radius 2 is 1.90 bits per heavy atom. The van der Waals surface area contributed by atoms with Gasteiger partial charge in [-0.3, -0.25) is 9.98 Å². The molecular weight excluding hydrogens is 356 g/mol. The van der Waals surface area contributed by atoms with Gasteiger partial charge in [-0.25, -0.2) is 0 Å². The third-order valence-corrected chi connectivity index (χ3v) is 9.85. The van der Waals surface area contributed by atoms with Crippen LogP contribution in [0, 0.1) is 34.5 Å². The number of hydrogen-bond donors (Lipinski definition) is 1. The zero-order chi connectivity index (χ0) is 20.3. The van der Waals surface area contributed by atoms with E-state index in [2.05, 4.69) is 37.9 Å². The summed E-state index contributed by atoms with van der Waals surface area (Å²) in [5.41, 5.74) is 2.88. The Morgan fingerprint density at radius 1 is 1.03 bits per heavy atom. The summed E-state index contributed by atoms with van der Waals surface area (Å²) >= 11 is 0. The number of rotatable bonds is 2. The highest BCUT2D eigenvalue weighted by Crippen LogP contribution is 2.66. The molecule has 1 aromatic rings. The topological polar surface area (TPSA) is 45.5 Å². The van der Waals surface area contributed by atoms with Crippen molar-refractivity contribution in [1.82, 2.24) is 4.98 Å². The van der Waals surface area contributed by atoms with Crippen molar-refractivity contribution in [1.29, 1.82) is 0 Å². The lowest BCUT2D eigenvalue weighted by Gasteiger charge is -2.61. The van der Waals surface area contributed by atoms with Gasteiger partial charge in [0.1, 0.15) is 0 Å². The van der Waals surface area contributed by atoms with E-state index in [1.807, 2.05) is 12.3 Å². The van der Waals surface area contributed by atoms with E-state index >= 15 is 0 Å². The third-order valence-electron chi connectivity index (χ3n) is 9.85. The number of pyridine rings is 1. The van der Waals surface area contributed by atoms with Gasteiger partial charge in [0.2, 0.25) is 0 Å². The fourth-order valence-corrected chi connectivity index (χ4v) is 8.15. The van der Waals surface area contributed by atoms with Crippen molar-refractivity contribution in [3.63, 3.8) is 0 Å². The van der Waals surface area contributed by atoms with Gasteiger partial charge < -0.3 is 5.11 Å². The third kappa shape index (κ3) is 3.19. The van der Waals surface area contributed by atoms with Crippen molar-refractivity contribution in [3.8, 4) is 0 Å². The molecule has 29 heavy (non-hydrogen) atoms. The van der Waals surface area contributed by atoms with Crippen molar-refractivity contribution in [2.24, 2.45) is 39.5 Å². The lowest BCUT2D eigenvalue weighted by molar-refractivity contribution is -0.137. The number of aliphatic hydroxyl groups is 1. The first-order valence-electron chi connectivity index (χ1n) is 12.0. The molecule has 0 bridgehead atoms. The van der Waals surface area contributed by atoms with Crippen LogP contribution in [-0.4, -0.2) is 21.4 Å². The summed E-state index contributed by atoms with van der Waals surface area (Å²) in [6, 6.07) is 6.13. The highest BCUT2D eigenvalue weighted by molar-refractivity contribution is 5.92. The van der Waals surface area contributed by atoms with Crippen LogP contribution in [0.15, 0.2) is 29.4 Å². The zero-order valence-electron chi connectivity index (χ0n) is 18.5. The standard InChI is InChI=1S/C26H38N2O/c1-24(29)13-14-25(2)18(16-24)7-8-20-21-9-10-23(26(21,3)12-11-22(20)25)28-17-19-6-4-5-15-27-19/h4-6,15,18,20-22,29H,7-14,16-17H2,1-3H3/b28-23+/t18-,20-,21-,22-,24+,25-,26-/m0/s1. The highest BCUT2D eigenvalue weighted by atomic mass is 16.3. The van der Waals surface area contributed by atoms with Crippen LogP contribution in [0.1, 0.15) is 84.3 Å². The molecule has 4 aliphatic rings. The Morgan fingerprint density at radius 3 is 2.69 bits per heavy atom. The first kappa shape index (κ1) is 19.7. The monoisotopic (exact) mass is 394 g/mol. The fourth-order valence-electron chi connectivity index (χ4n) is 8.15. The molecule has 0 amide bonds. The van der Waals surface area contributed by atoms with Crippen molar-refractivity contribution in [2.75, 3.05) is 0 Å². The average molecular weight is 395 g/mol. The molecule has 0 aromatic carbocycles. The summed E-state index contributed by atoms with van der Waals surface area (Å²) in [5, 5.41) is 10.7. The maximum absolute atomic E-state index is 10.7. The summed E-state index contributed by atoms with van der Waals surface area (Å²) in [7, 11) is 0. The molecule has 3 nitrogen and oxygen atoms in total. The van der Waals surface area contributed by atoms with Crippen molar-refractivity contribution >= 4 is 5.71 Å². The van der Waals surface area contributed by atoms with E-state index in [1.165, 1.54) is 50.7 Å². The molecule has 0 unspecified atom stereocenters. The van der Waals surface area contributed by atoms with E-state index in [4.69, 9.17) is 4.99 Å². The normalized spacial score (nSPS) is 48.1. The maximum Gasteiger partial charge on any atom is 0.0811 e. The summed E-state index contributed by atoms with van der Waals surface area (Å²) in [6.45, 7) is 7.91. The maximum atomic E-state index is 10.7. The minimum absolute atomic E-state index is 0.305. The molecule has 0 radical (unpaired) electrons. The van der Waals surface area contributed by atoms with E-state index in [-0.39, 0.29) is 0 Å². The van der Waals surface area contributed by atoms with Crippen LogP contribution in [0.25, 0.3) is 0 Å². The Labute approximate surface area is 176 Å². The zero-order valence-corrected chi connectivity index (χ0v) is 18.5. The summed E-state index contributed by atoms with van der Waals surface area (Å²) in [5.74, 6) is 3.24. The SMILES string of the molecule is C[C@@]1(O)CC[C@@]2(C)[C@@H](CC[C@@H]3[C@@H]2CC[C@]2(C)/C(=N/Cc4ccccn4)CC[C@@H]32)C1. The van der Waals surface area contributed by atoms with Crippen LogP contribution in [0.3, 0.4) is 0 Å². The molecule has 1 heterocycles. The Balaban J connectivity index is 1.36. The van der Waals surface area contributed by atoms with Crippen LogP contribution in [-0.2, 0) is 6.54 Å².